The molecule has 0 aliphatic rings. The first kappa shape index (κ1) is 16.5. The smallest absolute Gasteiger partial charge is 0.369 e. The first-order chi connectivity index (χ1) is 8.05. The van der Waals surface area contributed by atoms with Crippen molar-refractivity contribution in [3.05, 3.63) is 10.3 Å². The molecule has 0 aliphatic heterocycles. The molecule has 0 aliphatic carbocycles. The Morgan fingerprint density at radius 1 is 1.41 bits per heavy atom. The number of thioether (sulfide) groups is 1. The van der Waals surface area contributed by atoms with Gasteiger partial charge in [-0.3, -0.25) is 4.57 Å². The molecule has 0 heterocycles. The molecule has 0 saturated heterocycles. The number of unbranched alkanes of at least 4 members (excludes halogenated alkanes) is 2. The van der Waals surface area contributed by atoms with Crippen LogP contribution in [0.4, 0.5) is 0 Å². The van der Waals surface area contributed by atoms with Gasteiger partial charge in [0.1, 0.15) is 10.0 Å². The summed E-state index contributed by atoms with van der Waals surface area (Å²) in [7, 11) is -0.859. The maximum atomic E-state index is 12.2. The molecule has 0 aromatic rings. The van der Waals surface area contributed by atoms with E-state index in [1.54, 1.807) is 0 Å². The summed E-state index contributed by atoms with van der Waals surface area (Å²) in [6.07, 6.45) is 3.59. The zero-order valence-corrected chi connectivity index (χ0v) is 12.1. The van der Waals surface area contributed by atoms with Crippen molar-refractivity contribution in [1.29, 1.82) is 5.26 Å². The van der Waals surface area contributed by atoms with Crippen molar-refractivity contribution in [2.75, 3.05) is 14.2 Å². The van der Waals surface area contributed by atoms with Gasteiger partial charge in [-0.25, -0.2) is 0 Å². The maximum Gasteiger partial charge on any atom is 0.369 e. The summed E-state index contributed by atoms with van der Waals surface area (Å²) >= 11 is 0.746. The van der Waals surface area contributed by atoms with Crippen LogP contribution < -0.4 is 5.73 Å². The normalized spacial score (nSPS) is 13.1. The zero-order valence-electron chi connectivity index (χ0n) is 10.4. The molecule has 17 heavy (non-hydrogen) atoms. The first-order valence-electron chi connectivity index (χ1n) is 5.32. The largest absolute Gasteiger partial charge is 0.401 e. The third-order valence-electron chi connectivity index (χ3n) is 2.20. The molecule has 2 N–H and O–H groups in total. The molecule has 0 spiro atoms. The summed E-state index contributed by atoms with van der Waals surface area (Å²) < 4.78 is 22.1. The van der Waals surface area contributed by atoms with Gasteiger partial charge in [-0.1, -0.05) is 19.8 Å². The molecule has 0 radical (unpaired) electrons. The van der Waals surface area contributed by atoms with Crippen molar-refractivity contribution in [2.24, 2.45) is 5.73 Å². The minimum atomic E-state index is -3.42. The molecule has 0 bridgehead atoms. The fourth-order valence-corrected chi connectivity index (χ4v) is 3.53. The molecule has 98 valence electrons. The Labute approximate surface area is 107 Å². The molecule has 0 atom stereocenters. The Kier molecular flexibility index (Phi) is 8.36. The molecule has 0 aromatic carbocycles. The van der Waals surface area contributed by atoms with E-state index in [1.807, 2.05) is 5.40 Å². The molecule has 7 heteroatoms. The number of nitriles is 1. The van der Waals surface area contributed by atoms with Crippen LogP contribution in [0.3, 0.4) is 0 Å². The Bertz CT molecular complexity index is 344. The second-order valence-electron chi connectivity index (χ2n) is 3.34. The van der Waals surface area contributed by atoms with Crippen molar-refractivity contribution in [1.82, 2.24) is 0 Å². The van der Waals surface area contributed by atoms with E-state index in [0.717, 1.165) is 31.0 Å². The number of allylic oxidation sites excluding steroid dienone is 1. The lowest BCUT2D eigenvalue weighted by Crippen LogP contribution is -2.03. The second kappa shape index (κ2) is 8.60. The van der Waals surface area contributed by atoms with Gasteiger partial charge in [0.05, 0.1) is 0 Å². The van der Waals surface area contributed by atoms with Crippen LogP contribution in [-0.2, 0) is 13.6 Å². The summed E-state index contributed by atoms with van der Waals surface area (Å²) in [5, 5.41) is 10.6. The van der Waals surface area contributed by atoms with Gasteiger partial charge < -0.3 is 14.8 Å². The zero-order chi connectivity index (χ0) is 13.3. The SMILES string of the molecule is CCCCC/C(N)=C(\SC#N)P(=O)(OC)OC. The predicted octanol–water partition coefficient (Wildman–Crippen LogP) is 3.39. The Hall–Kier alpha value is -0.470. The van der Waals surface area contributed by atoms with E-state index in [1.165, 1.54) is 14.2 Å². The van der Waals surface area contributed by atoms with Crippen LogP contribution in [0.15, 0.2) is 10.3 Å². The van der Waals surface area contributed by atoms with Crippen LogP contribution >= 0.6 is 19.4 Å². The van der Waals surface area contributed by atoms with Gasteiger partial charge >= 0.3 is 7.60 Å². The van der Waals surface area contributed by atoms with Gasteiger partial charge in [-0.05, 0) is 12.8 Å². The highest BCUT2D eigenvalue weighted by molar-refractivity contribution is 8.13. The predicted molar refractivity (Wildman–Crippen MR) is 70.2 cm³/mol. The van der Waals surface area contributed by atoms with Gasteiger partial charge in [0, 0.05) is 31.7 Å². The van der Waals surface area contributed by atoms with Gasteiger partial charge in [0.15, 0.2) is 0 Å². The lowest BCUT2D eigenvalue weighted by molar-refractivity contribution is 0.285. The van der Waals surface area contributed by atoms with E-state index in [9.17, 15) is 4.57 Å². The molecule has 0 unspecified atom stereocenters. The first-order valence-corrected chi connectivity index (χ1v) is 7.68. The standard InChI is InChI=1S/C10H19N2O3PS/c1-4-5-6-7-9(12)10(17-8-11)16(13,14-2)15-3/h4-7,12H2,1-3H3/b10-9+. The van der Waals surface area contributed by atoms with Gasteiger partial charge in [0.25, 0.3) is 0 Å². The molecule has 0 saturated carbocycles. The van der Waals surface area contributed by atoms with Crippen LogP contribution in [0, 0.1) is 10.7 Å². The second-order valence-corrected chi connectivity index (χ2v) is 6.61. The maximum absolute atomic E-state index is 12.2. The van der Waals surface area contributed by atoms with Crippen molar-refractivity contribution < 1.29 is 13.6 Å². The minimum absolute atomic E-state index is 0.209. The van der Waals surface area contributed by atoms with Crippen LogP contribution in [-0.4, -0.2) is 14.2 Å². The van der Waals surface area contributed by atoms with Crippen molar-refractivity contribution in [2.45, 2.75) is 32.6 Å². The average molecular weight is 278 g/mol. The molecule has 0 aromatic heterocycles. The molecule has 0 fully saturated rings. The summed E-state index contributed by atoms with van der Waals surface area (Å²) in [6.45, 7) is 2.08. The summed E-state index contributed by atoms with van der Waals surface area (Å²) in [6, 6.07) is 0. The number of hydrogen-bond donors (Lipinski definition) is 1. The molecular weight excluding hydrogens is 259 g/mol. The van der Waals surface area contributed by atoms with E-state index in [4.69, 9.17) is 20.0 Å². The van der Waals surface area contributed by atoms with Gasteiger partial charge in [0.2, 0.25) is 0 Å². The molecule has 0 rings (SSSR count). The average Bonchev–Trinajstić information content (AvgIpc) is 2.35. The van der Waals surface area contributed by atoms with Crippen LogP contribution in [0.25, 0.3) is 0 Å². The van der Waals surface area contributed by atoms with Crippen LogP contribution in [0.2, 0.25) is 0 Å². The van der Waals surface area contributed by atoms with Gasteiger partial charge in [-0.15, -0.1) is 0 Å². The van der Waals surface area contributed by atoms with Crippen molar-refractivity contribution >= 4 is 19.4 Å². The summed E-state index contributed by atoms with van der Waals surface area (Å²) in [5.74, 6) is 0. The number of thiocyanates is 1. The number of rotatable bonds is 8. The van der Waals surface area contributed by atoms with Gasteiger partial charge in [-0.2, -0.15) is 5.26 Å². The fraction of sp³-hybridized carbons (Fsp3) is 0.700. The Morgan fingerprint density at radius 2 is 2.00 bits per heavy atom. The van der Waals surface area contributed by atoms with Crippen LogP contribution in [0.5, 0.6) is 0 Å². The summed E-state index contributed by atoms with van der Waals surface area (Å²) in [4.78, 5) is 0. The highest BCUT2D eigenvalue weighted by Gasteiger charge is 2.31. The number of nitrogens with zero attached hydrogens (tertiary/aromatic N) is 1. The topological polar surface area (TPSA) is 85.3 Å². The quantitative estimate of drug-likeness (QED) is 0.416. The van der Waals surface area contributed by atoms with Crippen molar-refractivity contribution in [3.63, 3.8) is 0 Å². The summed E-state index contributed by atoms with van der Waals surface area (Å²) in [5.41, 5.74) is 6.27. The lowest BCUT2D eigenvalue weighted by atomic mass is 10.2. The third-order valence-corrected chi connectivity index (χ3v) is 5.43. The van der Waals surface area contributed by atoms with E-state index < -0.39 is 7.60 Å². The Morgan fingerprint density at radius 3 is 2.41 bits per heavy atom. The van der Waals surface area contributed by atoms with E-state index in [0.29, 0.717) is 12.1 Å². The van der Waals surface area contributed by atoms with Crippen molar-refractivity contribution in [3.8, 4) is 5.40 Å². The molecule has 0 amide bonds. The fourth-order valence-electron chi connectivity index (χ4n) is 1.25. The Balaban J connectivity index is 4.99. The third kappa shape index (κ3) is 5.13. The minimum Gasteiger partial charge on any atom is -0.401 e. The van der Waals surface area contributed by atoms with Crippen LogP contribution in [0.1, 0.15) is 32.6 Å². The molecule has 5 nitrogen and oxygen atoms in total. The number of nitrogens with two attached hydrogens (primary N) is 1. The highest BCUT2D eigenvalue weighted by Crippen LogP contribution is 2.60. The van der Waals surface area contributed by atoms with E-state index >= 15 is 0 Å². The lowest BCUT2D eigenvalue weighted by Gasteiger charge is -2.16. The highest BCUT2D eigenvalue weighted by atomic mass is 32.2. The monoisotopic (exact) mass is 278 g/mol. The molecular formula is C10H19N2O3PS. The van der Waals surface area contributed by atoms with E-state index in [-0.39, 0.29) is 4.65 Å². The van der Waals surface area contributed by atoms with E-state index in [2.05, 4.69) is 6.92 Å². The number of hydrogen-bond acceptors (Lipinski definition) is 6.